The highest BCUT2D eigenvalue weighted by molar-refractivity contribution is 9.10. The topological polar surface area (TPSA) is 119 Å². The van der Waals surface area contributed by atoms with Gasteiger partial charge in [0.2, 0.25) is 11.8 Å². The lowest BCUT2D eigenvalue weighted by Crippen LogP contribution is -2.26. The molecule has 0 amide bonds. The van der Waals surface area contributed by atoms with Crippen molar-refractivity contribution in [2.75, 3.05) is 19.5 Å². The monoisotopic (exact) mass is 584 g/mol. The van der Waals surface area contributed by atoms with E-state index in [9.17, 15) is 9.59 Å². The van der Waals surface area contributed by atoms with E-state index in [0.29, 0.717) is 53.3 Å². The zero-order valence-corrected chi connectivity index (χ0v) is 23.9. The second kappa shape index (κ2) is 11.4. The molecule has 0 saturated heterocycles. The van der Waals surface area contributed by atoms with Crippen LogP contribution < -0.4 is 16.0 Å². The minimum Gasteiger partial charge on any atom is -0.477 e. The molecule has 2 N–H and O–H groups in total. The number of imidazole rings is 1. The van der Waals surface area contributed by atoms with Crippen LogP contribution in [0.3, 0.4) is 0 Å². The zero-order chi connectivity index (χ0) is 27.6. The number of ether oxygens (including phenoxy) is 2. The lowest BCUT2D eigenvalue weighted by atomic mass is 10.1. The summed E-state index contributed by atoms with van der Waals surface area (Å²) in [6.07, 6.45) is 3.29. The van der Waals surface area contributed by atoms with Crippen molar-refractivity contribution < 1.29 is 14.3 Å². The molecule has 4 rings (SSSR count). The molecule has 1 aromatic carbocycles. The van der Waals surface area contributed by atoms with Crippen molar-refractivity contribution in [1.82, 2.24) is 23.9 Å². The number of esters is 1. The van der Waals surface area contributed by atoms with Crippen LogP contribution in [0.5, 0.6) is 5.88 Å². The van der Waals surface area contributed by atoms with Crippen molar-refractivity contribution in [3.8, 4) is 17.0 Å². The molecule has 10 nitrogen and oxygen atoms in total. The Morgan fingerprint density at radius 2 is 1.97 bits per heavy atom. The summed E-state index contributed by atoms with van der Waals surface area (Å²) < 4.78 is 17.3. The van der Waals surface area contributed by atoms with Gasteiger partial charge in [-0.1, -0.05) is 22.9 Å². The minimum atomic E-state index is -0.495. The molecule has 0 unspecified atom stereocenters. The number of fused-ring (bicyclic) bond motifs is 1. The minimum absolute atomic E-state index is 0.207. The molecule has 3 heterocycles. The van der Waals surface area contributed by atoms with Gasteiger partial charge in [-0.2, -0.15) is 5.10 Å². The Labute approximate surface area is 229 Å². The summed E-state index contributed by atoms with van der Waals surface area (Å²) in [5, 5.41) is 4.32. The van der Waals surface area contributed by atoms with Crippen LogP contribution in [0.25, 0.3) is 22.2 Å². The van der Waals surface area contributed by atoms with Crippen LogP contribution >= 0.6 is 15.9 Å². The van der Waals surface area contributed by atoms with Gasteiger partial charge in [0.25, 0.3) is 5.56 Å². The van der Waals surface area contributed by atoms with Gasteiger partial charge in [-0.15, -0.1) is 0 Å². The fourth-order valence-corrected chi connectivity index (χ4v) is 5.09. The smallest absolute Gasteiger partial charge is 0.339 e. The van der Waals surface area contributed by atoms with Gasteiger partial charge in [0.05, 0.1) is 47.6 Å². The number of methoxy groups -OCH3 is 1. The fourth-order valence-electron chi connectivity index (χ4n) is 4.74. The normalized spacial score (nSPS) is 12.2. The number of pyridine rings is 1. The number of carbonyl (C=O) groups excluding carboxylic acids is 1. The Bertz CT molecular complexity index is 1540. The average molecular weight is 586 g/mol. The number of hydrogen-bond acceptors (Lipinski definition) is 7. The lowest BCUT2D eigenvalue weighted by molar-refractivity contribution is 0.0598. The summed E-state index contributed by atoms with van der Waals surface area (Å²) in [5.74, 6) is 0.819. The number of nitrogens with zero attached hydrogens (tertiary/aromatic N) is 5. The number of nitrogens with two attached hydrogens (primary N) is 1. The summed E-state index contributed by atoms with van der Waals surface area (Å²) in [6, 6.07) is 7.51. The van der Waals surface area contributed by atoms with E-state index in [1.54, 1.807) is 35.5 Å². The van der Waals surface area contributed by atoms with E-state index in [4.69, 9.17) is 15.2 Å². The molecule has 0 fully saturated rings. The largest absolute Gasteiger partial charge is 0.477 e. The quantitative estimate of drug-likeness (QED) is 0.214. The molecule has 0 spiro atoms. The maximum absolute atomic E-state index is 13.3. The summed E-state index contributed by atoms with van der Waals surface area (Å²) in [6.45, 7) is 7.38. The maximum atomic E-state index is 13.3. The van der Waals surface area contributed by atoms with E-state index in [-0.39, 0.29) is 5.56 Å². The first-order valence-corrected chi connectivity index (χ1v) is 13.3. The average Bonchev–Trinajstić information content (AvgIpc) is 3.40. The van der Waals surface area contributed by atoms with Crippen molar-refractivity contribution in [2.24, 2.45) is 13.0 Å². The molecule has 0 radical (unpaired) electrons. The van der Waals surface area contributed by atoms with E-state index in [1.165, 1.54) is 7.11 Å². The third kappa shape index (κ3) is 5.33. The Balaban J connectivity index is 1.47. The molecule has 0 bridgehead atoms. The molecular formula is C27H33BrN6O4. The highest BCUT2D eigenvalue weighted by Gasteiger charge is 2.22. The first-order valence-electron chi connectivity index (χ1n) is 12.5. The predicted octanol–water partition coefficient (Wildman–Crippen LogP) is 4.55. The van der Waals surface area contributed by atoms with Crippen LogP contribution in [0.4, 0.5) is 5.95 Å². The highest BCUT2D eigenvalue weighted by atomic mass is 79.9. The van der Waals surface area contributed by atoms with Crippen molar-refractivity contribution >= 4 is 38.9 Å². The van der Waals surface area contributed by atoms with Gasteiger partial charge in [-0.3, -0.25) is 4.79 Å². The van der Waals surface area contributed by atoms with Crippen LogP contribution in [0, 0.1) is 12.8 Å². The Kier molecular flexibility index (Phi) is 8.25. The standard InChI is InChI=1S/C27H33BrN6O4/c1-6-33-17(3)19(26(36)37-5)13-20(24(33)35)21-14-30-32(4)25(21)38-11-7-8-16(2)15-34-23-12-18(28)9-10-22(23)31-27(34)29/h9-10,12-14,16H,6-8,11,15H2,1-5H3,(H2,29,31)/t16-/m1/s1. The first kappa shape index (κ1) is 27.4. The molecule has 1 atom stereocenters. The van der Waals surface area contributed by atoms with E-state index in [1.807, 2.05) is 29.7 Å². The van der Waals surface area contributed by atoms with Gasteiger partial charge >= 0.3 is 5.97 Å². The number of nitrogen functional groups attached to an aromatic ring is 1. The molecule has 3 aromatic heterocycles. The second-order valence-corrected chi connectivity index (χ2v) is 10.3. The van der Waals surface area contributed by atoms with Crippen molar-refractivity contribution in [3.63, 3.8) is 0 Å². The number of aryl methyl sites for hydroxylation is 1. The molecule has 0 saturated carbocycles. The lowest BCUT2D eigenvalue weighted by Gasteiger charge is -2.16. The Morgan fingerprint density at radius 3 is 2.68 bits per heavy atom. The van der Waals surface area contributed by atoms with Crippen LogP contribution in [-0.2, 0) is 24.9 Å². The van der Waals surface area contributed by atoms with Gasteiger partial charge in [0.1, 0.15) is 0 Å². The van der Waals surface area contributed by atoms with Crippen molar-refractivity contribution in [1.29, 1.82) is 0 Å². The van der Waals surface area contributed by atoms with E-state index < -0.39 is 5.97 Å². The van der Waals surface area contributed by atoms with Crippen molar-refractivity contribution in [2.45, 2.75) is 46.7 Å². The number of aromatic nitrogens is 5. The van der Waals surface area contributed by atoms with E-state index in [0.717, 1.165) is 34.9 Å². The molecule has 4 aromatic rings. The van der Waals surface area contributed by atoms with Crippen molar-refractivity contribution in [3.05, 3.63) is 56.5 Å². The van der Waals surface area contributed by atoms with Gasteiger partial charge in [-0.25, -0.2) is 14.5 Å². The number of carbonyl (C=O) groups is 1. The first-order chi connectivity index (χ1) is 18.2. The van der Waals surface area contributed by atoms with E-state index >= 15 is 0 Å². The van der Waals surface area contributed by atoms with Crippen LogP contribution in [0.2, 0.25) is 0 Å². The van der Waals surface area contributed by atoms with Crippen LogP contribution in [0.1, 0.15) is 42.7 Å². The summed E-state index contributed by atoms with van der Waals surface area (Å²) in [7, 11) is 3.09. The molecule has 11 heteroatoms. The summed E-state index contributed by atoms with van der Waals surface area (Å²) in [4.78, 5) is 30.1. The number of anilines is 1. The number of benzene rings is 1. The van der Waals surface area contributed by atoms with Crippen LogP contribution in [-0.4, -0.2) is 43.6 Å². The number of halogens is 1. The van der Waals surface area contributed by atoms with E-state index in [2.05, 4.69) is 32.9 Å². The number of rotatable bonds is 10. The zero-order valence-electron chi connectivity index (χ0n) is 22.3. The molecule has 0 aliphatic carbocycles. The summed E-state index contributed by atoms with van der Waals surface area (Å²) >= 11 is 3.52. The molecule has 202 valence electrons. The van der Waals surface area contributed by atoms with Crippen LogP contribution in [0.15, 0.2) is 39.7 Å². The maximum Gasteiger partial charge on any atom is 0.339 e. The molecule has 0 aliphatic heterocycles. The molecule has 38 heavy (non-hydrogen) atoms. The summed E-state index contributed by atoms with van der Waals surface area (Å²) in [5.41, 5.74) is 9.65. The third-order valence-corrected chi connectivity index (χ3v) is 7.26. The second-order valence-electron chi connectivity index (χ2n) is 9.39. The van der Waals surface area contributed by atoms with Gasteiger partial charge in [0.15, 0.2) is 0 Å². The third-order valence-electron chi connectivity index (χ3n) is 6.77. The molecular weight excluding hydrogens is 552 g/mol. The SMILES string of the molecule is CCn1c(C)c(C(=O)OC)cc(-c2cnn(C)c2OCCC[C@@H](C)Cn2c(N)nc3ccc(Br)cc32)c1=O. The van der Waals surface area contributed by atoms with Gasteiger partial charge in [0, 0.05) is 30.3 Å². The fraction of sp³-hybridized carbons (Fsp3) is 0.407. The molecule has 0 aliphatic rings. The Morgan fingerprint density at radius 1 is 1.21 bits per heavy atom. The highest BCUT2D eigenvalue weighted by Crippen LogP contribution is 2.29. The number of hydrogen-bond donors (Lipinski definition) is 1. The Hall–Kier alpha value is -3.60. The van der Waals surface area contributed by atoms with Gasteiger partial charge < -0.3 is 24.3 Å². The van der Waals surface area contributed by atoms with Gasteiger partial charge in [-0.05, 0) is 56.9 Å². The predicted molar refractivity (Wildman–Crippen MR) is 150 cm³/mol.